The van der Waals surface area contributed by atoms with Crippen LogP contribution in [-0.2, 0) is 5.41 Å². The summed E-state index contributed by atoms with van der Waals surface area (Å²) in [5, 5.41) is 10.2. The third-order valence-electron chi connectivity index (χ3n) is 3.10. The molecule has 0 saturated heterocycles. The molecule has 0 amide bonds. The zero-order valence-electron chi connectivity index (χ0n) is 11.4. The first-order valence-electron chi connectivity index (χ1n) is 6.14. The van der Waals surface area contributed by atoms with Crippen molar-refractivity contribution in [3.05, 3.63) is 47.8 Å². The van der Waals surface area contributed by atoms with E-state index in [1.54, 1.807) is 6.20 Å². The molecule has 0 saturated carbocycles. The average molecular weight is 241 g/mol. The number of nitrogens with zero attached hydrogens (tertiary/aromatic N) is 1. The van der Waals surface area contributed by atoms with E-state index in [4.69, 9.17) is 0 Å². The van der Waals surface area contributed by atoms with Crippen molar-refractivity contribution in [1.29, 1.82) is 0 Å². The number of aryl methyl sites for hydroxylation is 1. The fourth-order valence-electron chi connectivity index (χ4n) is 2.05. The molecule has 1 N–H and O–H groups in total. The van der Waals surface area contributed by atoms with Gasteiger partial charge in [-0.3, -0.25) is 4.98 Å². The first kappa shape index (κ1) is 12.6. The summed E-state index contributed by atoms with van der Waals surface area (Å²) < 4.78 is 0. The van der Waals surface area contributed by atoms with Crippen molar-refractivity contribution in [2.75, 3.05) is 0 Å². The van der Waals surface area contributed by atoms with Crippen molar-refractivity contribution in [1.82, 2.24) is 4.98 Å². The molecule has 0 aliphatic rings. The van der Waals surface area contributed by atoms with E-state index in [9.17, 15) is 5.11 Å². The second-order valence-electron chi connectivity index (χ2n) is 5.68. The smallest absolute Gasteiger partial charge is 0.122 e. The van der Waals surface area contributed by atoms with Gasteiger partial charge in [-0.2, -0.15) is 0 Å². The lowest BCUT2D eigenvalue weighted by atomic mass is 9.83. The van der Waals surface area contributed by atoms with E-state index in [1.807, 2.05) is 31.3 Å². The number of hydrogen-bond acceptors (Lipinski definition) is 2. The van der Waals surface area contributed by atoms with Gasteiger partial charge in [0.15, 0.2) is 0 Å². The van der Waals surface area contributed by atoms with Crippen LogP contribution in [-0.4, -0.2) is 10.1 Å². The van der Waals surface area contributed by atoms with Crippen LogP contribution in [0.4, 0.5) is 0 Å². The fraction of sp³-hybridized carbons (Fsp3) is 0.312. The van der Waals surface area contributed by atoms with Crippen molar-refractivity contribution in [3.63, 3.8) is 0 Å². The number of hydrogen-bond donors (Lipinski definition) is 1. The first-order valence-corrected chi connectivity index (χ1v) is 6.14. The van der Waals surface area contributed by atoms with Gasteiger partial charge in [0.2, 0.25) is 0 Å². The maximum absolute atomic E-state index is 10.2. The maximum Gasteiger partial charge on any atom is 0.122 e. The maximum atomic E-state index is 10.2. The summed E-state index contributed by atoms with van der Waals surface area (Å²) in [4.78, 5) is 4.14. The van der Waals surface area contributed by atoms with E-state index in [0.717, 1.165) is 22.3 Å². The summed E-state index contributed by atoms with van der Waals surface area (Å²) >= 11 is 0. The summed E-state index contributed by atoms with van der Waals surface area (Å²) in [7, 11) is 0. The normalized spacial score (nSPS) is 11.6. The summed E-state index contributed by atoms with van der Waals surface area (Å²) in [6.07, 6.45) is 3.61. The Morgan fingerprint density at radius 3 is 2.39 bits per heavy atom. The number of phenolic OH excluding ortho intramolecular Hbond substituents is 1. The van der Waals surface area contributed by atoms with Gasteiger partial charge in [-0.05, 0) is 41.7 Å². The standard InChI is InChI=1S/C16H19NO/c1-11-8-13(12-6-5-7-17-10-12)9-14(15(11)18)16(2,3)4/h5-10,18H,1-4H3. The minimum Gasteiger partial charge on any atom is -0.507 e. The van der Waals surface area contributed by atoms with E-state index in [2.05, 4.69) is 31.8 Å². The van der Waals surface area contributed by atoms with Gasteiger partial charge >= 0.3 is 0 Å². The number of aromatic nitrogens is 1. The van der Waals surface area contributed by atoms with E-state index in [-0.39, 0.29) is 5.41 Å². The molecule has 1 aromatic heterocycles. The van der Waals surface area contributed by atoms with Gasteiger partial charge in [0.05, 0.1) is 0 Å². The lowest BCUT2D eigenvalue weighted by Crippen LogP contribution is -2.12. The van der Waals surface area contributed by atoms with Crippen molar-refractivity contribution in [2.24, 2.45) is 0 Å². The summed E-state index contributed by atoms with van der Waals surface area (Å²) in [5.74, 6) is 0.398. The van der Waals surface area contributed by atoms with Gasteiger partial charge in [0, 0.05) is 23.5 Å². The van der Waals surface area contributed by atoms with Gasteiger partial charge in [-0.15, -0.1) is 0 Å². The topological polar surface area (TPSA) is 33.1 Å². The van der Waals surface area contributed by atoms with E-state index in [1.165, 1.54) is 0 Å². The quantitative estimate of drug-likeness (QED) is 0.816. The van der Waals surface area contributed by atoms with Crippen LogP contribution in [0.5, 0.6) is 5.75 Å². The molecule has 94 valence electrons. The van der Waals surface area contributed by atoms with Crippen molar-refractivity contribution >= 4 is 0 Å². The Kier molecular flexibility index (Phi) is 3.12. The van der Waals surface area contributed by atoms with Gasteiger partial charge < -0.3 is 5.11 Å². The highest BCUT2D eigenvalue weighted by molar-refractivity contribution is 5.67. The molecular formula is C16H19NO. The SMILES string of the molecule is Cc1cc(-c2cccnc2)cc(C(C)(C)C)c1O. The summed E-state index contributed by atoms with van der Waals surface area (Å²) in [5.41, 5.74) is 3.98. The second-order valence-corrected chi connectivity index (χ2v) is 5.68. The Labute approximate surface area is 108 Å². The molecule has 18 heavy (non-hydrogen) atoms. The van der Waals surface area contributed by atoms with E-state index in [0.29, 0.717) is 5.75 Å². The molecule has 2 nitrogen and oxygen atoms in total. The molecule has 2 heteroatoms. The average Bonchev–Trinajstić information content (AvgIpc) is 2.32. The minimum atomic E-state index is -0.0763. The van der Waals surface area contributed by atoms with Crippen molar-refractivity contribution in [3.8, 4) is 16.9 Å². The lowest BCUT2D eigenvalue weighted by molar-refractivity contribution is 0.443. The molecule has 2 aromatic rings. The van der Waals surface area contributed by atoms with Gasteiger partial charge in [-0.25, -0.2) is 0 Å². The predicted molar refractivity (Wildman–Crippen MR) is 74.8 cm³/mol. The largest absolute Gasteiger partial charge is 0.507 e. The van der Waals surface area contributed by atoms with Crippen LogP contribution in [0, 0.1) is 6.92 Å². The van der Waals surface area contributed by atoms with E-state index >= 15 is 0 Å². The van der Waals surface area contributed by atoms with Gasteiger partial charge in [0.1, 0.15) is 5.75 Å². The Bertz CT molecular complexity index is 553. The molecule has 0 aliphatic heterocycles. The highest BCUT2D eigenvalue weighted by Crippen LogP contribution is 2.36. The molecule has 0 aliphatic carbocycles. The van der Waals surface area contributed by atoms with Crippen LogP contribution in [0.2, 0.25) is 0 Å². The zero-order valence-corrected chi connectivity index (χ0v) is 11.4. The third kappa shape index (κ3) is 2.37. The fourth-order valence-corrected chi connectivity index (χ4v) is 2.05. The molecule has 1 heterocycles. The number of pyridine rings is 1. The Morgan fingerprint density at radius 2 is 1.83 bits per heavy atom. The number of benzene rings is 1. The zero-order chi connectivity index (χ0) is 13.3. The lowest BCUT2D eigenvalue weighted by Gasteiger charge is -2.22. The highest BCUT2D eigenvalue weighted by atomic mass is 16.3. The predicted octanol–water partition coefficient (Wildman–Crippen LogP) is 4.06. The van der Waals surface area contributed by atoms with E-state index < -0.39 is 0 Å². The molecule has 0 bridgehead atoms. The Hall–Kier alpha value is -1.83. The molecule has 1 aromatic carbocycles. The van der Waals surface area contributed by atoms with Crippen LogP contribution in [0.15, 0.2) is 36.7 Å². The third-order valence-corrected chi connectivity index (χ3v) is 3.10. The first-order chi connectivity index (χ1) is 8.39. The number of aromatic hydroxyl groups is 1. The van der Waals surface area contributed by atoms with Crippen LogP contribution < -0.4 is 0 Å². The Morgan fingerprint density at radius 1 is 1.11 bits per heavy atom. The van der Waals surface area contributed by atoms with Gasteiger partial charge in [0.25, 0.3) is 0 Å². The molecule has 0 atom stereocenters. The van der Waals surface area contributed by atoms with Crippen molar-refractivity contribution < 1.29 is 5.11 Å². The van der Waals surface area contributed by atoms with Gasteiger partial charge in [-0.1, -0.05) is 26.8 Å². The molecule has 0 fully saturated rings. The van der Waals surface area contributed by atoms with Crippen LogP contribution in [0.25, 0.3) is 11.1 Å². The second kappa shape index (κ2) is 4.45. The number of phenols is 1. The summed E-state index contributed by atoms with van der Waals surface area (Å²) in [6, 6.07) is 8.01. The van der Waals surface area contributed by atoms with Crippen LogP contribution >= 0.6 is 0 Å². The minimum absolute atomic E-state index is 0.0763. The molecule has 0 spiro atoms. The summed E-state index contributed by atoms with van der Waals surface area (Å²) in [6.45, 7) is 8.25. The molecular weight excluding hydrogens is 222 g/mol. The van der Waals surface area contributed by atoms with Crippen LogP contribution in [0.1, 0.15) is 31.9 Å². The number of rotatable bonds is 1. The Balaban J connectivity index is 2.62. The molecule has 0 unspecified atom stereocenters. The molecule has 2 rings (SSSR count). The monoisotopic (exact) mass is 241 g/mol. The van der Waals surface area contributed by atoms with Crippen molar-refractivity contribution in [2.45, 2.75) is 33.1 Å². The molecule has 0 radical (unpaired) electrons. The highest BCUT2D eigenvalue weighted by Gasteiger charge is 2.20. The van der Waals surface area contributed by atoms with Crippen LogP contribution in [0.3, 0.4) is 0 Å².